The van der Waals surface area contributed by atoms with Gasteiger partial charge in [-0.3, -0.25) is 0 Å². The van der Waals surface area contributed by atoms with Gasteiger partial charge in [0, 0.05) is 5.75 Å². The van der Waals surface area contributed by atoms with Gasteiger partial charge in [0.05, 0.1) is 18.1 Å². The molecule has 0 saturated carbocycles. The largest absolute Gasteiger partial charge is 0.511 e. The average Bonchev–Trinajstić information content (AvgIpc) is 2.83. The van der Waals surface area contributed by atoms with E-state index in [-0.39, 0.29) is 17.1 Å². The predicted molar refractivity (Wildman–Crippen MR) is 126 cm³/mol. The van der Waals surface area contributed by atoms with Crippen molar-refractivity contribution in [3.05, 3.63) is 118 Å². The van der Waals surface area contributed by atoms with Gasteiger partial charge in [-0.2, -0.15) is 5.26 Å². The molecular weight excluding hydrogens is 418 g/mol. The second kappa shape index (κ2) is 9.76. The molecule has 1 aliphatic rings. The molecule has 0 radical (unpaired) electrons. The number of carbonyl (C=O) groups is 1. The normalized spacial score (nSPS) is 18.2. The third kappa shape index (κ3) is 4.87. The molecule has 3 aromatic rings. The van der Waals surface area contributed by atoms with Crippen LogP contribution in [0.5, 0.6) is 0 Å². The highest BCUT2D eigenvalue weighted by atomic mass is 32.2. The summed E-state index contributed by atoms with van der Waals surface area (Å²) in [5, 5.41) is 20.0. The van der Waals surface area contributed by atoms with E-state index < -0.39 is 11.6 Å². The third-order valence-electron chi connectivity index (χ3n) is 5.59. The summed E-state index contributed by atoms with van der Waals surface area (Å²) in [6.45, 7) is 0. The van der Waals surface area contributed by atoms with Crippen LogP contribution in [0.25, 0.3) is 0 Å². The van der Waals surface area contributed by atoms with Gasteiger partial charge < -0.3 is 9.84 Å². The van der Waals surface area contributed by atoms with E-state index in [4.69, 9.17) is 10.00 Å². The van der Waals surface area contributed by atoms with E-state index in [1.165, 1.54) is 11.8 Å². The summed E-state index contributed by atoms with van der Waals surface area (Å²) in [5.41, 5.74) is 2.59. The molecule has 1 heterocycles. The number of thioether (sulfide) groups is 1. The van der Waals surface area contributed by atoms with Crippen molar-refractivity contribution in [1.29, 1.82) is 5.26 Å². The van der Waals surface area contributed by atoms with Crippen molar-refractivity contribution in [2.24, 2.45) is 0 Å². The van der Waals surface area contributed by atoms with E-state index in [1.54, 1.807) is 12.1 Å². The van der Waals surface area contributed by atoms with E-state index in [0.717, 1.165) is 23.1 Å². The lowest BCUT2D eigenvalue weighted by atomic mass is 9.82. The molecule has 160 valence electrons. The molecule has 4 rings (SSSR count). The number of aryl methyl sites for hydroxylation is 1. The van der Waals surface area contributed by atoms with Crippen molar-refractivity contribution in [3.63, 3.8) is 0 Å². The Kier molecular flexibility index (Phi) is 6.63. The summed E-state index contributed by atoms with van der Waals surface area (Å²) in [7, 11) is 0. The van der Waals surface area contributed by atoms with Crippen molar-refractivity contribution >= 4 is 17.7 Å². The van der Waals surface area contributed by atoms with Gasteiger partial charge in [-0.05, 0) is 41.7 Å². The van der Waals surface area contributed by atoms with Crippen molar-refractivity contribution < 1.29 is 14.6 Å². The van der Waals surface area contributed by atoms with E-state index >= 15 is 0 Å². The van der Waals surface area contributed by atoms with Crippen LogP contribution in [0.4, 0.5) is 0 Å². The van der Waals surface area contributed by atoms with Crippen molar-refractivity contribution in [3.8, 4) is 6.07 Å². The third-order valence-corrected chi connectivity index (χ3v) is 6.76. The number of nitriles is 1. The summed E-state index contributed by atoms with van der Waals surface area (Å²) in [6.07, 6.45) is 1.52. The SMILES string of the molecule is N#Cc1cccc(CSC2=C(O)CC(CCc3ccccc3)(c3ccccc3)OC2=O)c1. The zero-order chi connectivity index (χ0) is 22.4. The molecule has 0 bridgehead atoms. The Balaban J connectivity index is 1.57. The number of cyclic esters (lactones) is 1. The van der Waals surface area contributed by atoms with E-state index in [2.05, 4.69) is 18.2 Å². The van der Waals surface area contributed by atoms with Gasteiger partial charge in [0.1, 0.15) is 16.3 Å². The van der Waals surface area contributed by atoms with Gasteiger partial charge >= 0.3 is 5.97 Å². The molecule has 5 heteroatoms. The molecule has 0 aliphatic carbocycles. The molecule has 1 aliphatic heterocycles. The first-order valence-corrected chi connectivity index (χ1v) is 11.4. The Morgan fingerprint density at radius 3 is 2.34 bits per heavy atom. The molecular formula is C27H23NO3S. The monoisotopic (exact) mass is 441 g/mol. The number of hydrogen-bond donors (Lipinski definition) is 1. The second-order valence-corrected chi connectivity index (χ2v) is 8.77. The summed E-state index contributed by atoms with van der Waals surface area (Å²) >= 11 is 1.24. The maximum Gasteiger partial charge on any atom is 0.348 e. The standard InChI is InChI=1S/C27H23NO3S/c28-18-21-10-7-11-22(16-21)19-32-25-24(29)17-27(31-26(25)30,23-12-5-2-6-13-23)15-14-20-8-3-1-4-9-20/h1-13,16,29H,14-15,17,19H2. The molecule has 3 aromatic carbocycles. The van der Waals surface area contributed by atoms with Gasteiger partial charge in [0.15, 0.2) is 0 Å². The summed E-state index contributed by atoms with van der Waals surface area (Å²) in [5.74, 6) is 0.0125. The first-order chi connectivity index (χ1) is 15.6. The number of carbonyl (C=O) groups excluding carboxylic acids is 1. The molecule has 1 N–H and O–H groups in total. The molecule has 0 aromatic heterocycles. The number of aliphatic hydroxyl groups excluding tert-OH is 1. The maximum absolute atomic E-state index is 13.0. The van der Waals surface area contributed by atoms with Crippen LogP contribution in [-0.4, -0.2) is 11.1 Å². The predicted octanol–water partition coefficient (Wildman–Crippen LogP) is 6.04. The van der Waals surface area contributed by atoms with Gasteiger partial charge in [-0.15, -0.1) is 11.8 Å². The van der Waals surface area contributed by atoms with Crippen LogP contribution in [0.1, 0.15) is 35.1 Å². The van der Waals surface area contributed by atoms with Crippen LogP contribution >= 0.6 is 11.8 Å². The van der Waals surface area contributed by atoms with Crippen molar-refractivity contribution in [2.45, 2.75) is 30.6 Å². The lowest BCUT2D eigenvalue weighted by Crippen LogP contribution is -2.38. The lowest BCUT2D eigenvalue weighted by Gasteiger charge is -2.37. The van der Waals surface area contributed by atoms with Crippen LogP contribution in [0.2, 0.25) is 0 Å². The number of esters is 1. The lowest BCUT2D eigenvalue weighted by molar-refractivity contribution is -0.160. The summed E-state index contributed by atoms with van der Waals surface area (Å²) in [6, 6.07) is 29.0. The number of nitrogens with zero attached hydrogens (tertiary/aromatic N) is 1. The van der Waals surface area contributed by atoms with Gasteiger partial charge in [0.2, 0.25) is 0 Å². The molecule has 32 heavy (non-hydrogen) atoms. The van der Waals surface area contributed by atoms with Crippen LogP contribution in [-0.2, 0) is 27.3 Å². The van der Waals surface area contributed by atoms with Crippen LogP contribution in [0.15, 0.2) is 95.6 Å². The van der Waals surface area contributed by atoms with Crippen LogP contribution < -0.4 is 0 Å². The zero-order valence-corrected chi connectivity index (χ0v) is 18.3. The maximum atomic E-state index is 13.0. The highest BCUT2D eigenvalue weighted by molar-refractivity contribution is 8.03. The number of hydrogen-bond acceptors (Lipinski definition) is 5. The number of ether oxygens (including phenoxy) is 1. The number of aliphatic hydroxyl groups is 1. The summed E-state index contributed by atoms with van der Waals surface area (Å²) < 4.78 is 6.07. The van der Waals surface area contributed by atoms with E-state index in [0.29, 0.717) is 17.7 Å². The minimum Gasteiger partial charge on any atom is -0.511 e. The fourth-order valence-corrected chi connectivity index (χ4v) is 4.82. The van der Waals surface area contributed by atoms with Gasteiger partial charge in [-0.25, -0.2) is 4.79 Å². The fourth-order valence-electron chi connectivity index (χ4n) is 3.93. The molecule has 4 nitrogen and oxygen atoms in total. The Hall–Kier alpha value is -3.49. The molecule has 0 amide bonds. The van der Waals surface area contributed by atoms with Gasteiger partial charge in [-0.1, -0.05) is 72.8 Å². The van der Waals surface area contributed by atoms with E-state index in [9.17, 15) is 9.90 Å². The first-order valence-electron chi connectivity index (χ1n) is 10.5. The molecule has 1 atom stereocenters. The summed E-state index contributed by atoms with van der Waals surface area (Å²) in [4.78, 5) is 13.3. The molecule has 0 saturated heterocycles. The van der Waals surface area contributed by atoms with Gasteiger partial charge in [0.25, 0.3) is 0 Å². The minimum absolute atomic E-state index is 0.0552. The Morgan fingerprint density at radius 2 is 1.66 bits per heavy atom. The first kappa shape index (κ1) is 21.7. The van der Waals surface area contributed by atoms with Crippen LogP contribution in [0, 0.1) is 11.3 Å². The Morgan fingerprint density at radius 1 is 0.969 bits per heavy atom. The Bertz CT molecular complexity index is 1170. The molecule has 0 spiro atoms. The fraction of sp³-hybridized carbons (Fsp3) is 0.185. The molecule has 1 unspecified atom stereocenters. The van der Waals surface area contributed by atoms with Crippen molar-refractivity contribution in [1.82, 2.24) is 0 Å². The average molecular weight is 442 g/mol. The Labute approximate surface area is 192 Å². The zero-order valence-electron chi connectivity index (χ0n) is 17.5. The molecule has 0 fully saturated rings. The number of rotatable bonds is 7. The highest BCUT2D eigenvalue weighted by Gasteiger charge is 2.43. The minimum atomic E-state index is -0.914. The second-order valence-electron chi connectivity index (χ2n) is 7.79. The quantitative estimate of drug-likeness (QED) is 0.453. The topological polar surface area (TPSA) is 70.3 Å². The van der Waals surface area contributed by atoms with Crippen molar-refractivity contribution in [2.75, 3.05) is 0 Å². The van der Waals surface area contributed by atoms with E-state index in [1.807, 2.05) is 60.7 Å². The van der Waals surface area contributed by atoms with Crippen LogP contribution in [0.3, 0.4) is 0 Å². The number of benzene rings is 3. The highest BCUT2D eigenvalue weighted by Crippen LogP contribution is 2.44. The smallest absolute Gasteiger partial charge is 0.348 e.